The molecule has 0 radical (unpaired) electrons. The third kappa shape index (κ3) is 2.75. The van der Waals surface area contributed by atoms with E-state index in [4.69, 9.17) is 32.8 Å². The van der Waals surface area contributed by atoms with Crippen LogP contribution in [0.1, 0.15) is 16.2 Å². The Bertz CT molecular complexity index is 583. The summed E-state index contributed by atoms with van der Waals surface area (Å²) >= 11 is 11.8. The lowest BCUT2D eigenvalue weighted by Gasteiger charge is -2.06. The molecule has 7 heteroatoms. The van der Waals surface area contributed by atoms with Gasteiger partial charge < -0.3 is 14.9 Å². The molecule has 0 fully saturated rings. The van der Waals surface area contributed by atoms with Crippen molar-refractivity contribution in [3.8, 4) is 0 Å². The van der Waals surface area contributed by atoms with Gasteiger partial charge in [-0.15, -0.1) is 0 Å². The Labute approximate surface area is 112 Å². The molecule has 2 N–H and O–H groups in total. The largest absolute Gasteiger partial charge is 0.476 e. The van der Waals surface area contributed by atoms with E-state index in [2.05, 4.69) is 10.5 Å². The Balaban J connectivity index is 2.07. The molecule has 1 heterocycles. The minimum Gasteiger partial charge on any atom is -0.476 e. The molecule has 5 nitrogen and oxygen atoms in total. The quantitative estimate of drug-likeness (QED) is 0.902. The zero-order chi connectivity index (χ0) is 13.1. The van der Waals surface area contributed by atoms with Crippen LogP contribution in [0.25, 0.3) is 0 Å². The molecule has 1 aromatic carbocycles. The maximum Gasteiger partial charge on any atom is 0.358 e. The first-order valence-corrected chi connectivity index (χ1v) is 5.70. The van der Waals surface area contributed by atoms with E-state index < -0.39 is 5.97 Å². The summed E-state index contributed by atoms with van der Waals surface area (Å²) in [6.07, 6.45) is 0. The van der Waals surface area contributed by atoms with Gasteiger partial charge in [0.2, 0.25) is 0 Å². The van der Waals surface area contributed by atoms with E-state index in [9.17, 15) is 4.79 Å². The lowest BCUT2D eigenvalue weighted by molar-refractivity contribution is 0.0685. The summed E-state index contributed by atoms with van der Waals surface area (Å²) in [6.45, 7) is 0.264. The minimum atomic E-state index is -1.13. The fraction of sp³-hybridized carbons (Fsp3) is 0.0909. The lowest BCUT2D eigenvalue weighted by Crippen LogP contribution is -1.99. The molecule has 0 amide bonds. The molecular formula is C11H8Cl2N2O3. The van der Waals surface area contributed by atoms with Crippen molar-refractivity contribution >= 4 is 34.9 Å². The molecule has 2 aromatic rings. The van der Waals surface area contributed by atoms with E-state index in [1.807, 2.05) is 0 Å². The third-order valence-corrected chi connectivity index (χ3v) is 3.00. The van der Waals surface area contributed by atoms with E-state index in [-0.39, 0.29) is 12.2 Å². The molecular weight excluding hydrogens is 279 g/mol. The molecule has 0 atom stereocenters. The van der Waals surface area contributed by atoms with Gasteiger partial charge in [0, 0.05) is 6.07 Å². The van der Waals surface area contributed by atoms with E-state index in [1.54, 1.807) is 18.2 Å². The summed E-state index contributed by atoms with van der Waals surface area (Å²) < 4.78 is 4.85. The summed E-state index contributed by atoms with van der Waals surface area (Å²) in [6, 6.07) is 6.52. The lowest BCUT2D eigenvalue weighted by atomic mass is 10.3. The summed E-state index contributed by atoms with van der Waals surface area (Å²) in [5.41, 5.74) is 0.501. The number of rotatable bonds is 4. The van der Waals surface area contributed by atoms with Gasteiger partial charge in [-0.2, -0.15) is 0 Å². The highest BCUT2D eigenvalue weighted by atomic mass is 35.5. The number of nitrogens with zero attached hydrogens (tertiary/aromatic N) is 1. The van der Waals surface area contributed by atoms with Crippen molar-refractivity contribution in [2.75, 3.05) is 5.32 Å². The minimum absolute atomic E-state index is 0.135. The maximum atomic E-state index is 10.6. The highest BCUT2D eigenvalue weighted by molar-refractivity contribution is 6.43. The van der Waals surface area contributed by atoms with Crippen LogP contribution in [-0.4, -0.2) is 16.2 Å². The second kappa shape index (κ2) is 5.29. The molecule has 18 heavy (non-hydrogen) atoms. The van der Waals surface area contributed by atoms with Crippen molar-refractivity contribution in [2.45, 2.75) is 6.54 Å². The number of benzene rings is 1. The fourth-order valence-corrected chi connectivity index (χ4v) is 1.69. The van der Waals surface area contributed by atoms with Crippen molar-refractivity contribution < 1.29 is 14.4 Å². The standard InChI is InChI=1S/C11H8Cl2N2O3/c12-7-2-1-3-8(10(7)13)14-5-6-4-9(11(16)17)15-18-6/h1-4,14H,5H2,(H,16,17). The fourth-order valence-electron chi connectivity index (χ4n) is 1.32. The molecule has 0 aliphatic rings. The van der Waals surface area contributed by atoms with Crippen LogP contribution < -0.4 is 5.32 Å². The molecule has 0 saturated heterocycles. The number of carboxylic acid groups (broad SMARTS) is 1. The molecule has 0 spiro atoms. The van der Waals surface area contributed by atoms with Crippen LogP contribution in [0.5, 0.6) is 0 Å². The first-order valence-electron chi connectivity index (χ1n) is 4.94. The second-order valence-corrected chi connectivity index (χ2v) is 4.22. The van der Waals surface area contributed by atoms with Gasteiger partial charge in [0.1, 0.15) is 0 Å². The number of halogens is 2. The van der Waals surface area contributed by atoms with Gasteiger partial charge in [0.25, 0.3) is 0 Å². The average Bonchev–Trinajstić information content (AvgIpc) is 2.80. The number of hydrogen-bond acceptors (Lipinski definition) is 4. The van der Waals surface area contributed by atoms with Crippen LogP contribution in [-0.2, 0) is 6.54 Å². The molecule has 94 valence electrons. The molecule has 2 rings (SSSR count). The van der Waals surface area contributed by atoms with E-state index in [0.717, 1.165) is 0 Å². The summed E-state index contributed by atoms with van der Waals surface area (Å²) in [5.74, 6) is -0.741. The van der Waals surface area contributed by atoms with Crippen LogP contribution in [0.4, 0.5) is 5.69 Å². The second-order valence-electron chi connectivity index (χ2n) is 3.44. The van der Waals surface area contributed by atoms with E-state index in [1.165, 1.54) is 6.07 Å². The van der Waals surface area contributed by atoms with Gasteiger partial charge in [-0.25, -0.2) is 4.79 Å². The van der Waals surface area contributed by atoms with Gasteiger partial charge in [-0.05, 0) is 12.1 Å². The van der Waals surface area contributed by atoms with Crippen molar-refractivity contribution in [2.24, 2.45) is 0 Å². The normalized spacial score (nSPS) is 10.3. The Morgan fingerprint density at radius 1 is 1.44 bits per heavy atom. The third-order valence-electron chi connectivity index (χ3n) is 2.18. The number of aromatic carboxylic acids is 1. The van der Waals surface area contributed by atoms with Crippen molar-refractivity contribution in [1.82, 2.24) is 5.16 Å². The topological polar surface area (TPSA) is 75.4 Å². The van der Waals surface area contributed by atoms with Crippen molar-refractivity contribution in [1.29, 1.82) is 0 Å². The number of aromatic nitrogens is 1. The summed E-state index contributed by atoms with van der Waals surface area (Å²) in [4.78, 5) is 10.6. The molecule has 0 unspecified atom stereocenters. The summed E-state index contributed by atoms with van der Waals surface area (Å²) in [5, 5.41) is 15.9. The SMILES string of the molecule is O=C(O)c1cc(CNc2cccc(Cl)c2Cl)on1. The van der Waals surface area contributed by atoms with Crippen LogP contribution in [0, 0.1) is 0 Å². The van der Waals surface area contributed by atoms with Crippen molar-refractivity contribution in [3.05, 3.63) is 45.8 Å². The number of anilines is 1. The van der Waals surface area contributed by atoms with E-state index >= 15 is 0 Å². The molecule has 0 bridgehead atoms. The van der Waals surface area contributed by atoms with Gasteiger partial charge in [0.05, 0.1) is 22.3 Å². The average molecular weight is 287 g/mol. The predicted molar refractivity (Wildman–Crippen MR) is 67.3 cm³/mol. The molecule has 1 aromatic heterocycles. The number of carboxylic acids is 1. The molecule has 0 aliphatic carbocycles. The smallest absolute Gasteiger partial charge is 0.358 e. The Morgan fingerprint density at radius 3 is 2.89 bits per heavy atom. The maximum absolute atomic E-state index is 10.6. The monoisotopic (exact) mass is 286 g/mol. The van der Waals surface area contributed by atoms with Gasteiger partial charge in [-0.1, -0.05) is 34.4 Å². The van der Waals surface area contributed by atoms with Gasteiger partial charge in [-0.3, -0.25) is 0 Å². The van der Waals surface area contributed by atoms with Gasteiger partial charge >= 0.3 is 5.97 Å². The number of hydrogen-bond donors (Lipinski definition) is 2. The molecule has 0 aliphatic heterocycles. The van der Waals surface area contributed by atoms with Crippen molar-refractivity contribution in [3.63, 3.8) is 0 Å². The predicted octanol–water partition coefficient (Wildman–Crippen LogP) is 3.29. The van der Waals surface area contributed by atoms with Gasteiger partial charge in [0.15, 0.2) is 11.5 Å². The first kappa shape index (κ1) is 12.7. The van der Waals surface area contributed by atoms with Crippen LogP contribution in [0.2, 0.25) is 10.0 Å². The Hall–Kier alpha value is -1.72. The Kier molecular flexibility index (Phi) is 3.74. The zero-order valence-electron chi connectivity index (χ0n) is 8.98. The van der Waals surface area contributed by atoms with E-state index in [0.29, 0.717) is 21.5 Å². The van der Waals surface area contributed by atoms with Crippen LogP contribution >= 0.6 is 23.2 Å². The Morgan fingerprint density at radius 2 is 2.22 bits per heavy atom. The zero-order valence-corrected chi connectivity index (χ0v) is 10.5. The number of nitrogens with one attached hydrogen (secondary N) is 1. The molecule has 0 saturated carbocycles. The highest BCUT2D eigenvalue weighted by Crippen LogP contribution is 2.29. The van der Waals surface area contributed by atoms with Crippen LogP contribution in [0.15, 0.2) is 28.8 Å². The number of carbonyl (C=O) groups is 1. The summed E-state index contributed by atoms with van der Waals surface area (Å²) in [7, 11) is 0. The highest BCUT2D eigenvalue weighted by Gasteiger charge is 2.11. The first-order chi connectivity index (χ1) is 8.58. The van der Waals surface area contributed by atoms with Crippen LogP contribution in [0.3, 0.4) is 0 Å².